The fourth-order valence-corrected chi connectivity index (χ4v) is 1.83. The molecule has 0 spiro atoms. The molecule has 0 radical (unpaired) electrons. The first-order valence-corrected chi connectivity index (χ1v) is 6.36. The molecule has 2 aromatic rings. The molecule has 2 atom stereocenters. The van der Waals surface area contributed by atoms with Crippen LogP contribution < -0.4 is 11.1 Å². The molecule has 0 aliphatic rings. The van der Waals surface area contributed by atoms with Gasteiger partial charge in [0.1, 0.15) is 0 Å². The number of rotatable bonds is 4. The Balaban J connectivity index is 2.16. The van der Waals surface area contributed by atoms with E-state index in [2.05, 4.69) is 15.5 Å². The Morgan fingerprint density at radius 3 is 2.74 bits per heavy atom. The summed E-state index contributed by atoms with van der Waals surface area (Å²) in [6, 6.07) is 4.90. The fraction of sp³-hybridized carbons (Fsp3) is 0.462. The highest BCUT2D eigenvalue weighted by atomic mass is 16.2. The molecule has 0 fully saturated rings. The van der Waals surface area contributed by atoms with E-state index in [-0.39, 0.29) is 17.9 Å². The highest BCUT2D eigenvalue weighted by molar-refractivity contribution is 5.82. The molecule has 0 saturated carbocycles. The molecule has 0 bridgehead atoms. The summed E-state index contributed by atoms with van der Waals surface area (Å²) in [6.45, 7) is 5.71. The number of carbonyl (C=O) groups excluding carboxylic acids is 1. The van der Waals surface area contributed by atoms with Crippen LogP contribution in [0.2, 0.25) is 0 Å². The maximum Gasteiger partial charge on any atom is 0.237 e. The maximum absolute atomic E-state index is 11.9. The van der Waals surface area contributed by atoms with E-state index in [1.807, 2.05) is 49.6 Å². The van der Waals surface area contributed by atoms with Crippen molar-refractivity contribution in [2.75, 3.05) is 0 Å². The van der Waals surface area contributed by atoms with Crippen molar-refractivity contribution in [3.05, 3.63) is 30.2 Å². The van der Waals surface area contributed by atoms with E-state index in [1.54, 1.807) is 0 Å². The average molecular weight is 261 g/mol. The van der Waals surface area contributed by atoms with Gasteiger partial charge in [0, 0.05) is 6.20 Å². The summed E-state index contributed by atoms with van der Waals surface area (Å²) in [5, 5.41) is 11.0. The third kappa shape index (κ3) is 2.73. The van der Waals surface area contributed by atoms with Gasteiger partial charge < -0.3 is 11.1 Å². The number of hydrogen-bond acceptors (Lipinski definition) is 4. The van der Waals surface area contributed by atoms with Gasteiger partial charge in [0.05, 0.1) is 12.1 Å². The molecule has 2 aromatic heterocycles. The molecular weight excluding hydrogens is 242 g/mol. The van der Waals surface area contributed by atoms with Crippen molar-refractivity contribution in [2.45, 2.75) is 32.9 Å². The van der Waals surface area contributed by atoms with Gasteiger partial charge in [-0.3, -0.25) is 9.20 Å². The Morgan fingerprint density at radius 2 is 2.05 bits per heavy atom. The first-order chi connectivity index (χ1) is 9.00. The molecule has 19 heavy (non-hydrogen) atoms. The summed E-state index contributed by atoms with van der Waals surface area (Å²) in [4.78, 5) is 11.9. The molecule has 0 aliphatic carbocycles. The van der Waals surface area contributed by atoms with E-state index in [0.717, 1.165) is 5.65 Å². The third-order valence-corrected chi connectivity index (χ3v) is 3.11. The monoisotopic (exact) mass is 261 g/mol. The Morgan fingerprint density at radius 1 is 1.32 bits per heavy atom. The van der Waals surface area contributed by atoms with E-state index < -0.39 is 6.04 Å². The van der Waals surface area contributed by atoms with Crippen LogP contribution in [0.3, 0.4) is 0 Å². The predicted molar refractivity (Wildman–Crippen MR) is 72.4 cm³/mol. The highest BCUT2D eigenvalue weighted by Crippen LogP contribution is 2.12. The van der Waals surface area contributed by atoms with Gasteiger partial charge in [0.25, 0.3) is 0 Å². The summed E-state index contributed by atoms with van der Waals surface area (Å²) in [5.41, 5.74) is 6.58. The lowest BCUT2D eigenvalue weighted by molar-refractivity contribution is -0.123. The smallest absolute Gasteiger partial charge is 0.237 e. The van der Waals surface area contributed by atoms with Crippen molar-refractivity contribution >= 4 is 11.6 Å². The van der Waals surface area contributed by atoms with Gasteiger partial charge in [0.15, 0.2) is 11.5 Å². The number of fused-ring (bicyclic) bond motifs is 1. The van der Waals surface area contributed by atoms with Crippen LogP contribution in [0.25, 0.3) is 5.65 Å². The molecule has 0 aromatic carbocycles. The zero-order valence-electron chi connectivity index (χ0n) is 11.4. The van der Waals surface area contributed by atoms with Gasteiger partial charge >= 0.3 is 0 Å². The molecule has 102 valence electrons. The van der Waals surface area contributed by atoms with Crippen LogP contribution >= 0.6 is 0 Å². The molecule has 1 amide bonds. The topological polar surface area (TPSA) is 85.3 Å². The lowest BCUT2D eigenvalue weighted by Crippen LogP contribution is -2.45. The first-order valence-electron chi connectivity index (χ1n) is 6.36. The van der Waals surface area contributed by atoms with Gasteiger partial charge in [-0.2, -0.15) is 0 Å². The SMILES string of the molecule is CC(NC(=O)C(N)C(C)C)c1nnc2ccccn12. The van der Waals surface area contributed by atoms with Crippen molar-refractivity contribution in [2.24, 2.45) is 11.7 Å². The average Bonchev–Trinajstić information content (AvgIpc) is 2.81. The zero-order valence-corrected chi connectivity index (χ0v) is 11.4. The van der Waals surface area contributed by atoms with Gasteiger partial charge in [-0.1, -0.05) is 19.9 Å². The van der Waals surface area contributed by atoms with Gasteiger partial charge in [-0.05, 0) is 25.0 Å². The predicted octanol–water partition coefficient (Wildman–Crippen LogP) is 0.890. The van der Waals surface area contributed by atoms with Crippen LogP contribution in [-0.4, -0.2) is 26.5 Å². The molecule has 2 rings (SSSR count). The Kier molecular flexibility index (Phi) is 3.80. The Labute approximate surface area is 112 Å². The largest absolute Gasteiger partial charge is 0.345 e. The molecule has 0 aliphatic heterocycles. The third-order valence-electron chi connectivity index (χ3n) is 3.11. The normalized spacial score (nSPS) is 14.6. The lowest BCUT2D eigenvalue weighted by atomic mass is 10.0. The van der Waals surface area contributed by atoms with Gasteiger partial charge in [-0.25, -0.2) is 0 Å². The van der Waals surface area contributed by atoms with Crippen molar-refractivity contribution in [1.29, 1.82) is 0 Å². The standard InChI is InChI=1S/C13H19N5O/c1-8(2)11(14)13(19)15-9(3)12-17-16-10-6-4-5-7-18(10)12/h4-9,11H,14H2,1-3H3,(H,15,19). The van der Waals surface area contributed by atoms with E-state index >= 15 is 0 Å². The molecular formula is C13H19N5O. The molecule has 3 N–H and O–H groups in total. The number of nitrogens with one attached hydrogen (secondary N) is 1. The van der Waals surface area contributed by atoms with Crippen LogP contribution in [0.5, 0.6) is 0 Å². The maximum atomic E-state index is 11.9. The summed E-state index contributed by atoms with van der Waals surface area (Å²) in [5.74, 6) is 0.623. The molecule has 0 saturated heterocycles. The molecule has 2 unspecified atom stereocenters. The second-order valence-electron chi connectivity index (χ2n) is 4.99. The number of nitrogens with two attached hydrogens (primary N) is 1. The Hall–Kier alpha value is -1.95. The van der Waals surface area contributed by atoms with Crippen LogP contribution in [0, 0.1) is 5.92 Å². The second-order valence-corrected chi connectivity index (χ2v) is 4.99. The summed E-state index contributed by atoms with van der Waals surface area (Å²) in [6.07, 6.45) is 1.87. The molecule has 2 heterocycles. The number of amides is 1. The number of aromatic nitrogens is 3. The fourth-order valence-electron chi connectivity index (χ4n) is 1.83. The number of pyridine rings is 1. The van der Waals surface area contributed by atoms with Crippen molar-refractivity contribution in [3.63, 3.8) is 0 Å². The van der Waals surface area contributed by atoms with Crippen LogP contribution in [0.4, 0.5) is 0 Å². The first kappa shape index (κ1) is 13.5. The van der Waals surface area contributed by atoms with Crippen LogP contribution in [-0.2, 0) is 4.79 Å². The highest BCUT2D eigenvalue weighted by Gasteiger charge is 2.21. The molecule has 6 heteroatoms. The van der Waals surface area contributed by atoms with E-state index in [1.165, 1.54) is 0 Å². The number of hydrogen-bond donors (Lipinski definition) is 2. The van der Waals surface area contributed by atoms with Crippen LogP contribution in [0.15, 0.2) is 24.4 Å². The minimum Gasteiger partial charge on any atom is -0.345 e. The van der Waals surface area contributed by atoms with Gasteiger partial charge in [-0.15, -0.1) is 10.2 Å². The summed E-state index contributed by atoms with van der Waals surface area (Å²) >= 11 is 0. The minimum atomic E-state index is -0.512. The molecule has 6 nitrogen and oxygen atoms in total. The number of nitrogens with zero attached hydrogens (tertiary/aromatic N) is 3. The lowest BCUT2D eigenvalue weighted by Gasteiger charge is -2.18. The van der Waals surface area contributed by atoms with Gasteiger partial charge in [0.2, 0.25) is 5.91 Å². The van der Waals surface area contributed by atoms with Crippen LogP contribution in [0.1, 0.15) is 32.6 Å². The summed E-state index contributed by atoms with van der Waals surface area (Å²) < 4.78 is 1.85. The van der Waals surface area contributed by atoms with E-state index in [9.17, 15) is 4.79 Å². The second kappa shape index (κ2) is 5.36. The number of carbonyl (C=O) groups is 1. The van der Waals surface area contributed by atoms with E-state index in [4.69, 9.17) is 5.73 Å². The summed E-state index contributed by atoms with van der Waals surface area (Å²) in [7, 11) is 0. The van der Waals surface area contributed by atoms with E-state index in [0.29, 0.717) is 5.82 Å². The van der Waals surface area contributed by atoms with Crippen molar-refractivity contribution in [3.8, 4) is 0 Å². The Bertz CT molecular complexity index is 577. The quantitative estimate of drug-likeness (QED) is 0.856. The zero-order chi connectivity index (χ0) is 14.0. The van der Waals surface area contributed by atoms with Crippen molar-refractivity contribution < 1.29 is 4.79 Å². The van der Waals surface area contributed by atoms with Crippen molar-refractivity contribution in [1.82, 2.24) is 19.9 Å². The minimum absolute atomic E-state index is 0.0994.